The Hall–Kier alpha value is -3.58. The highest BCUT2D eigenvalue weighted by atomic mass is 16.4. The fraction of sp³-hybridized carbons (Fsp3) is 0.308. The number of hydrogen-bond acceptors (Lipinski definition) is 5. The van der Waals surface area contributed by atoms with Gasteiger partial charge in [0.05, 0.1) is 23.2 Å². The maximum absolute atomic E-state index is 10.9. The summed E-state index contributed by atoms with van der Waals surface area (Å²) in [6.07, 6.45) is 3.54. The summed E-state index contributed by atoms with van der Waals surface area (Å²) in [6, 6.07) is 16.5. The van der Waals surface area contributed by atoms with E-state index < -0.39 is 11.7 Å². The third-order valence-corrected chi connectivity index (χ3v) is 6.08. The minimum absolute atomic E-state index is 0.0333. The molecule has 1 saturated heterocycles. The van der Waals surface area contributed by atoms with E-state index in [1.54, 1.807) is 0 Å². The molecule has 1 aliphatic rings. The number of aryl methyl sites for hydroxylation is 2. The number of piperidine rings is 1. The van der Waals surface area contributed by atoms with Crippen LogP contribution in [0.15, 0.2) is 60.9 Å². The summed E-state index contributed by atoms with van der Waals surface area (Å²) in [7, 11) is 0. The molecule has 0 unspecified atom stereocenters. The van der Waals surface area contributed by atoms with Gasteiger partial charge in [0.2, 0.25) is 0 Å². The van der Waals surface area contributed by atoms with Gasteiger partial charge in [0.1, 0.15) is 0 Å². The molecule has 1 aromatic heterocycles. The fourth-order valence-corrected chi connectivity index (χ4v) is 4.47. The number of carbonyl (C=O) groups is 1. The van der Waals surface area contributed by atoms with Gasteiger partial charge >= 0.3 is 6.09 Å². The SMILES string of the molecule is Cc1cc(C)cc(-c2cncc(Nc3ccccc3)c2N2CCC(O)(CNC(=O)O)CC2)c1. The van der Waals surface area contributed by atoms with Gasteiger partial charge in [0.25, 0.3) is 0 Å². The summed E-state index contributed by atoms with van der Waals surface area (Å²) in [5.41, 5.74) is 6.35. The monoisotopic (exact) mass is 446 g/mol. The summed E-state index contributed by atoms with van der Waals surface area (Å²) in [5, 5.41) is 25.6. The molecule has 0 radical (unpaired) electrons. The van der Waals surface area contributed by atoms with E-state index in [-0.39, 0.29) is 6.54 Å². The number of nitrogens with one attached hydrogen (secondary N) is 2. The number of nitrogens with zero attached hydrogens (tertiary/aromatic N) is 2. The maximum atomic E-state index is 10.9. The molecule has 4 N–H and O–H groups in total. The molecule has 0 atom stereocenters. The number of rotatable bonds is 6. The molecule has 7 nitrogen and oxygen atoms in total. The minimum atomic E-state index is -1.12. The maximum Gasteiger partial charge on any atom is 0.404 e. The molecule has 0 bridgehead atoms. The van der Waals surface area contributed by atoms with E-state index in [1.807, 2.05) is 42.7 Å². The van der Waals surface area contributed by atoms with Gasteiger partial charge in [0, 0.05) is 37.1 Å². The Labute approximate surface area is 194 Å². The van der Waals surface area contributed by atoms with E-state index in [0.29, 0.717) is 25.9 Å². The first-order valence-corrected chi connectivity index (χ1v) is 11.2. The third-order valence-electron chi connectivity index (χ3n) is 6.08. The van der Waals surface area contributed by atoms with Crippen LogP contribution in [-0.4, -0.2) is 46.5 Å². The number of pyridine rings is 1. The molecule has 1 amide bonds. The number of carboxylic acid groups (broad SMARTS) is 1. The van der Waals surface area contributed by atoms with Crippen LogP contribution in [0, 0.1) is 13.8 Å². The first kappa shape index (κ1) is 22.6. The third kappa shape index (κ3) is 5.43. The molecule has 0 saturated carbocycles. The van der Waals surface area contributed by atoms with Crippen molar-refractivity contribution >= 4 is 23.2 Å². The molecule has 4 rings (SSSR count). The molecule has 0 aliphatic carbocycles. The summed E-state index contributed by atoms with van der Waals surface area (Å²) < 4.78 is 0. The number of hydrogen-bond donors (Lipinski definition) is 4. The van der Waals surface area contributed by atoms with Crippen molar-refractivity contribution in [3.63, 3.8) is 0 Å². The van der Waals surface area contributed by atoms with Crippen molar-refractivity contribution in [2.24, 2.45) is 0 Å². The molecular formula is C26H30N4O3. The molecule has 172 valence electrons. The standard InChI is InChI=1S/C26H30N4O3/c1-18-12-19(2)14-20(13-18)22-15-27-16-23(29-21-6-4-3-5-7-21)24(22)30-10-8-26(33,9-11-30)17-28-25(31)32/h3-7,12-16,28-29,33H,8-11,17H2,1-2H3,(H,31,32). The highest BCUT2D eigenvalue weighted by molar-refractivity contribution is 5.89. The Balaban J connectivity index is 1.70. The lowest BCUT2D eigenvalue weighted by atomic mass is 9.90. The van der Waals surface area contributed by atoms with Gasteiger partial charge < -0.3 is 25.7 Å². The molecule has 1 aliphatic heterocycles. The summed E-state index contributed by atoms with van der Waals surface area (Å²) in [5.74, 6) is 0. The number of aliphatic hydroxyl groups is 1. The molecule has 3 aromatic rings. The van der Waals surface area contributed by atoms with Gasteiger partial charge in [0.15, 0.2) is 0 Å². The smallest absolute Gasteiger partial charge is 0.404 e. The van der Waals surface area contributed by atoms with Crippen molar-refractivity contribution in [3.8, 4) is 11.1 Å². The van der Waals surface area contributed by atoms with Gasteiger partial charge in [-0.2, -0.15) is 0 Å². The van der Waals surface area contributed by atoms with E-state index in [9.17, 15) is 9.90 Å². The highest BCUT2D eigenvalue weighted by Crippen LogP contribution is 2.40. The average molecular weight is 447 g/mol. The second-order valence-electron chi connectivity index (χ2n) is 8.82. The van der Waals surface area contributed by atoms with Crippen LogP contribution in [-0.2, 0) is 0 Å². The fourth-order valence-electron chi connectivity index (χ4n) is 4.47. The second kappa shape index (κ2) is 9.50. The largest absolute Gasteiger partial charge is 0.465 e. The number of para-hydroxylation sites is 1. The normalized spacial score (nSPS) is 15.2. The van der Waals surface area contributed by atoms with Crippen molar-refractivity contribution in [1.29, 1.82) is 0 Å². The number of aromatic nitrogens is 1. The Morgan fingerprint density at radius 2 is 1.73 bits per heavy atom. The number of amides is 1. The average Bonchev–Trinajstić information content (AvgIpc) is 2.79. The van der Waals surface area contributed by atoms with E-state index in [0.717, 1.165) is 28.2 Å². The van der Waals surface area contributed by atoms with Crippen molar-refractivity contribution < 1.29 is 15.0 Å². The quantitative estimate of drug-likeness (QED) is 0.438. The summed E-state index contributed by atoms with van der Waals surface area (Å²) in [6.45, 7) is 5.41. The van der Waals surface area contributed by atoms with Crippen molar-refractivity contribution in [1.82, 2.24) is 10.3 Å². The lowest BCUT2D eigenvalue weighted by molar-refractivity contribution is 0.0174. The first-order chi connectivity index (χ1) is 15.8. The van der Waals surface area contributed by atoms with E-state index in [1.165, 1.54) is 11.1 Å². The molecule has 2 heterocycles. The number of anilines is 3. The van der Waals surface area contributed by atoms with E-state index in [2.05, 4.69) is 52.6 Å². The lowest BCUT2D eigenvalue weighted by Crippen LogP contribution is -2.51. The number of benzene rings is 2. The van der Waals surface area contributed by atoms with Crippen LogP contribution in [0.4, 0.5) is 21.9 Å². The van der Waals surface area contributed by atoms with Crippen LogP contribution in [0.25, 0.3) is 11.1 Å². The van der Waals surface area contributed by atoms with Crippen LogP contribution < -0.4 is 15.5 Å². The van der Waals surface area contributed by atoms with Gasteiger partial charge in [-0.05, 0) is 44.4 Å². The zero-order chi connectivity index (χ0) is 23.4. The molecule has 0 spiro atoms. The predicted octanol–water partition coefficient (Wildman–Crippen LogP) is 4.71. The van der Waals surface area contributed by atoms with Gasteiger partial charge in [-0.15, -0.1) is 0 Å². The van der Waals surface area contributed by atoms with Crippen molar-refractivity contribution in [2.75, 3.05) is 29.9 Å². The Morgan fingerprint density at radius 1 is 1.06 bits per heavy atom. The zero-order valence-corrected chi connectivity index (χ0v) is 19.0. The summed E-state index contributed by atoms with van der Waals surface area (Å²) >= 11 is 0. The topological polar surface area (TPSA) is 97.7 Å². The minimum Gasteiger partial charge on any atom is -0.465 e. The van der Waals surface area contributed by atoms with Crippen LogP contribution in [0.2, 0.25) is 0 Å². The zero-order valence-electron chi connectivity index (χ0n) is 19.0. The highest BCUT2D eigenvalue weighted by Gasteiger charge is 2.34. The van der Waals surface area contributed by atoms with Crippen molar-refractivity contribution in [2.45, 2.75) is 32.3 Å². The second-order valence-corrected chi connectivity index (χ2v) is 8.82. The molecule has 1 fully saturated rings. The van der Waals surface area contributed by atoms with Crippen LogP contribution in [0.3, 0.4) is 0 Å². The van der Waals surface area contributed by atoms with E-state index in [4.69, 9.17) is 5.11 Å². The first-order valence-electron chi connectivity index (χ1n) is 11.2. The molecule has 7 heteroatoms. The van der Waals surface area contributed by atoms with Crippen LogP contribution in [0.5, 0.6) is 0 Å². The Kier molecular flexibility index (Phi) is 6.51. The molecular weight excluding hydrogens is 416 g/mol. The van der Waals surface area contributed by atoms with Gasteiger partial charge in [-0.1, -0.05) is 47.5 Å². The van der Waals surface area contributed by atoms with E-state index >= 15 is 0 Å². The van der Waals surface area contributed by atoms with Gasteiger partial charge in [-0.3, -0.25) is 4.98 Å². The Morgan fingerprint density at radius 3 is 2.36 bits per heavy atom. The van der Waals surface area contributed by atoms with Crippen LogP contribution >= 0.6 is 0 Å². The van der Waals surface area contributed by atoms with Crippen molar-refractivity contribution in [3.05, 3.63) is 72.1 Å². The molecule has 33 heavy (non-hydrogen) atoms. The predicted molar refractivity (Wildman–Crippen MR) is 131 cm³/mol. The van der Waals surface area contributed by atoms with Gasteiger partial charge in [-0.25, -0.2) is 4.79 Å². The lowest BCUT2D eigenvalue weighted by Gasteiger charge is -2.40. The Bertz CT molecular complexity index is 1110. The molecule has 2 aromatic carbocycles. The van der Waals surface area contributed by atoms with Crippen LogP contribution in [0.1, 0.15) is 24.0 Å². The summed E-state index contributed by atoms with van der Waals surface area (Å²) in [4.78, 5) is 17.7.